The predicted octanol–water partition coefficient (Wildman–Crippen LogP) is 1.40. The first-order chi connectivity index (χ1) is 9.56. The fourth-order valence-electron chi connectivity index (χ4n) is 2.41. The van der Waals surface area contributed by atoms with Gasteiger partial charge in [0.2, 0.25) is 5.91 Å². The predicted molar refractivity (Wildman–Crippen MR) is 81.6 cm³/mol. The summed E-state index contributed by atoms with van der Waals surface area (Å²) in [5.41, 5.74) is 5.64. The third kappa shape index (κ3) is 5.71. The van der Waals surface area contributed by atoms with Gasteiger partial charge in [0.1, 0.15) is 6.04 Å². The van der Waals surface area contributed by atoms with Gasteiger partial charge in [-0.05, 0) is 25.0 Å². The standard InChI is InChI=1S/C14H26N2O3S/c1-16(11-6-4-3-5-7-11)13(17)10-20-9-8-12(15)14(18)19-2/h11-12H,3-10,15H2,1-2H3. The van der Waals surface area contributed by atoms with Crippen LogP contribution in [-0.2, 0) is 14.3 Å². The average molecular weight is 302 g/mol. The first kappa shape index (κ1) is 17.3. The second-order valence-electron chi connectivity index (χ2n) is 5.27. The molecule has 6 heteroatoms. The molecule has 1 fully saturated rings. The summed E-state index contributed by atoms with van der Waals surface area (Å²) >= 11 is 1.53. The number of methoxy groups -OCH3 is 1. The van der Waals surface area contributed by atoms with Gasteiger partial charge >= 0.3 is 5.97 Å². The highest BCUT2D eigenvalue weighted by atomic mass is 32.2. The average Bonchev–Trinajstić information content (AvgIpc) is 2.50. The Morgan fingerprint density at radius 1 is 1.35 bits per heavy atom. The highest BCUT2D eigenvalue weighted by Crippen LogP contribution is 2.22. The summed E-state index contributed by atoms with van der Waals surface area (Å²) in [5.74, 6) is 0.936. The van der Waals surface area contributed by atoms with E-state index < -0.39 is 12.0 Å². The Bertz CT molecular complexity index is 320. The fraction of sp³-hybridized carbons (Fsp3) is 0.857. The number of hydrogen-bond donors (Lipinski definition) is 1. The quantitative estimate of drug-likeness (QED) is 0.568. The van der Waals surface area contributed by atoms with E-state index in [9.17, 15) is 9.59 Å². The smallest absolute Gasteiger partial charge is 0.322 e. The van der Waals surface area contributed by atoms with Crippen LogP contribution in [0, 0.1) is 0 Å². The molecule has 116 valence electrons. The first-order valence-corrected chi connectivity index (χ1v) is 8.38. The lowest BCUT2D eigenvalue weighted by Gasteiger charge is -2.31. The van der Waals surface area contributed by atoms with Crippen LogP contribution in [0.15, 0.2) is 0 Å². The number of ether oxygens (including phenoxy) is 1. The number of hydrogen-bond acceptors (Lipinski definition) is 5. The van der Waals surface area contributed by atoms with Gasteiger partial charge in [0.15, 0.2) is 0 Å². The van der Waals surface area contributed by atoms with E-state index in [4.69, 9.17) is 5.73 Å². The van der Waals surface area contributed by atoms with Gasteiger partial charge in [-0.3, -0.25) is 9.59 Å². The molecule has 0 heterocycles. The number of amides is 1. The summed E-state index contributed by atoms with van der Waals surface area (Å²) in [5, 5.41) is 0. The molecule has 0 spiro atoms. The van der Waals surface area contributed by atoms with E-state index in [1.165, 1.54) is 38.1 Å². The van der Waals surface area contributed by atoms with Crippen LogP contribution in [0.25, 0.3) is 0 Å². The molecular weight excluding hydrogens is 276 g/mol. The van der Waals surface area contributed by atoms with Gasteiger partial charge in [-0.2, -0.15) is 11.8 Å². The molecule has 1 saturated carbocycles. The molecule has 5 nitrogen and oxygen atoms in total. The van der Waals surface area contributed by atoms with Crippen molar-refractivity contribution < 1.29 is 14.3 Å². The minimum Gasteiger partial charge on any atom is -0.468 e. The molecule has 20 heavy (non-hydrogen) atoms. The molecule has 0 aromatic rings. The Hall–Kier alpha value is -0.750. The van der Waals surface area contributed by atoms with E-state index >= 15 is 0 Å². The molecule has 1 aliphatic carbocycles. The summed E-state index contributed by atoms with van der Waals surface area (Å²) in [6.07, 6.45) is 6.53. The van der Waals surface area contributed by atoms with Gasteiger partial charge in [0, 0.05) is 13.1 Å². The second kappa shape index (κ2) is 9.23. The molecule has 1 amide bonds. The number of rotatable bonds is 7. The lowest BCUT2D eigenvalue weighted by Crippen LogP contribution is -2.39. The zero-order valence-corrected chi connectivity index (χ0v) is 13.3. The van der Waals surface area contributed by atoms with Crippen molar-refractivity contribution in [3.05, 3.63) is 0 Å². The highest BCUT2D eigenvalue weighted by Gasteiger charge is 2.21. The van der Waals surface area contributed by atoms with Crippen LogP contribution in [0.3, 0.4) is 0 Å². The maximum absolute atomic E-state index is 12.1. The van der Waals surface area contributed by atoms with Gasteiger partial charge in [0.25, 0.3) is 0 Å². The molecule has 1 unspecified atom stereocenters. The largest absolute Gasteiger partial charge is 0.468 e. The molecule has 0 aliphatic heterocycles. The number of thioether (sulfide) groups is 1. The van der Waals surface area contributed by atoms with Crippen LogP contribution in [0.1, 0.15) is 38.5 Å². The Morgan fingerprint density at radius 3 is 2.60 bits per heavy atom. The van der Waals surface area contributed by atoms with Crippen LogP contribution >= 0.6 is 11.8 Å². The minimum atomic E-state index is -0.585. The third-order valence-corrected chi connectivity index (χ3v) is 4.79. The van der Waals surface area contributed by atoms with E-state index in [1.54, 1.807) is 0 Å². The SMILES string of the molecule is COC(=O)C(N)CCSCC(=O)N(C)C1CCCCC1. The van der Waals surface area contributed by atoms with E-state index in [0.29, 0.717) is 24.0 Å². The third-order valence-electron chi connectivity index (χ3n) is 3.82. The number of esters is 1. The maximum atomic E-state index is 12.1. The van der Waals surface area contributed by atoms with Crippen LogP contribution in [-0.4, -0.2) is 54.5 Å². The summed E-state index contributed by atoms with van der Waals surface area (Å²) in [4.78, 5) is 25.1. The Labute approximate surface area is 125 Å². The molecule has 0 aromatic carbocycles. The van der Waals surface area contributed by atoms with E-state index in [-0.39, 0.29) is 5.91 Å². The summed E-state index contributed by atoms with van der Waals surface area (Å²) in [6, 6.07) is -0.173. The molecular formula is C14H26N2O3S. The summed E-state index contributed by atoms with van der Waals surface area (Å²) < 4.78 is 4.56. The monoisotopic (exact) mass is 302 g/mol. The topological polar surface area (TPSA) is 72.6 Å². The number of nitrogens with two attached hydrogens (primary N) is 1. The Kier molecular flexibility index (Phi) is 7.99. The van der Waals surface area contributed by atoms with E-state index in [2.05, 4.69) is 4.74 Å². The van der Waals surface area contributed by atoms with Gasteiger partial charge in [-0.25, -0.2) is 0 Å². The zero-order chi connectivity index (χ0) is 15.0. The molecule has 2 N–H and O–H groups in total. The normalized spacial score (nSPS) is 17.6. The summed E-state index contributed by atoms with van der Waals surface area (Å²) in [6.45, 7) is 0. The maximum Gasteiger partial charge on any atom is 0.322 e. The van der Waals surface area contributed by atoms with Gasteiger partial charge in [-0.15, -0.1) is 0 Å². The van der Waals surface area contributed by atoms with Crippen molar-refractivity contribution >= 4 is 23.6 Å². The molecule has 0 saturated heterocycles. The summed E-state index contributed by atoms with van der Waals surface area (Å²) in [7, 11) is 3.23. The van der Waals surface area contributed by atoms with Crippen LogP contribution in [0.2, 0.25) is 0 Å². The van der Waals surface area contributed by atoms with Crippen LogP contribution in [0.4, 0.5) is 0 Å². The van der Waals surface area contributed by atoms with E-state index in [1.807, 2.05) is 11.9 Å². The van der Waals surface area contributed by atoms with E-state index in [0.717, 1.165) is 12.8 Å². The van der Waals surface area contributed by atoms with Crippen molar-refractivity contribution in [1.29, 1.82) is 0 Å². The van der Waals surface area contributed by atoms with Crippen LogP contribution in [0.5, 0.6) is 0 Å². The highest BCUT2D eigenvalue weighted by molar-refractivity contribution is 7.99. The van der Waals surface area contributed by atoms with Gasteiger partial charge < -0.3 is 15.4 Å². The Morgan fingerprint density at radius 2 is 2.00 bits per heavy atom. The van der Waals surface area contributed by atoms with Crippen molar-refractivity contribution in [1.82, 2.24) is 4.90 Å². The van der Waals surface area contributed by atoms with Gasteiger partial charge in [-0.1, -0.05) is 19.3 Å². The fourth-order valence-corrected chi connectivity index (χ4v) is 3.36. The van der Waals surface area contributed by atoms with Gasteiger partial charge in [0.05, 0.1) is 12.9 Å². The van der Waals surface area contributed by atoms with Crippen molar-refractivity contribution in [3.63, 3.8) is 0 Å². The minimum absolute atomic E-state index is 0.175. The lowest BCUT2D eigenvalue weighted by atomic mass is 9.94. The second-order valence-corrected chi connectivity index (χ2v) is 6.37. The van der Waals surface area contributed by atoms with Crippen LogP contribution < -0.4 is 5.73 Å². The van der Waals surface area contributed by atoms with Crippen molar-refractivity contribution in [3.8, 4) is 0 Å². The lowest BCUT2D eigenvalue weighted by molar-refractivity contribution is -0.142. The number of nitrogens with zero attached hydrogens (tertiary/aromatic N) is 1. The van der Waals surface area contributed by atoms with Crippen molar-refractivity contribution in [2.75, 3.05) is 25.7 Å². The Balaban J connectivity index is 2.17. The zero-order valence-electron chi connectivity index (χ0n) is 12.5. The molecule has 1 rings (SSSR count). The number of carbonyl (C=O) groups is 2. The molecule has 1 aliphatic rings. The molecule has 0 bridgehead atoms. The molecule has 0 radical (unpaired) electrons. The first-order valence-electron chi connectivity index (χ1n) is 7.23. The molecule has 0 aromatic heterocycles. The van der Waals surface area contributed by atoms with Crippen molar-refractivity contribution in [2.24, 2.45) is 5.73 Å². The van der Waals surface area contributed by atoms with Crippen molar-refractivity contribution in [2.45, 2.75) is 50.6 Å². The number of carbonyl (C=O) groups excluding carboxylic acids is 2. The molecule has 1 atom stereocenters.